The Bertz CT molecular complexity index is 315. The van der Waals surface area contributed by atoms with Gasteiger partial charge in [0.15, 0.2) is 0 Å². The maximum atomic E-state index is 6.25. The number of benzene rings is 1. The van der Waals surface area contributed by atoms with Gasteiger partial charge in [0.2, 0.25) is 0 Å². The molecule has 0 aliphatic heterocycles. The molecule has 0 amide bonds. The fourth-order valence-electron chi connectivity index (χ4n) is 1.87. The largest absolute Gasteiger partial charge is 2.00 e. The second-order valence-electron chi connectivity index (χ2n) is 3.72. The Balaban J connectivity index is 0.000000531. The first-order valence-corrected chi connectivity index (χ1v) is 4.36. The minimum absolute atomic E-state index is 0. The van der Waals surface area contributed by atoms with Gasteiger partial charge in [-0.15, -0.1) is 5.41 Å². The van der Waals surface area contributed by atoms with E-state index in [1.54, 1.807) is 0 Å². The van der Waals surface area contributed by atoms with Crippen LogP contribution in [0.4, 0.5) is 0 Å². The van der Waals surface area contributed by atoms with E-state index in [1.165, 1.54) is 24.0 Å². The number of hydrogen-bond acceptors (Lipinski definition) is 1. The number of aryl methyl sites for hydroxylation is 1. The van der Waals surface area contributed by atoms with Crippen LogP contribution in [-0.2, 0) is 28.3 Å². The van der Waals surface area contributed by atoms with Gasteiger partial charge in [0.05, 0.1) is 0 Å². The van der Waals surface area contributed by atoms with Gasteiger partial charge in [-0.1, -0.05) is 43.2 Å². The first kappa shape index (κ1) is 13.2. The van der Waals surface area contributed by atoms with Gasteiger partial charge in [0.1, 0.15) is 0 Å². The van der Waals surface area contributed by atoms with Crippen molar-refractivity contribution in [1.29, 1.82) is 5.26 Å². The minimum Gasteiger partial charge on any atom is -0.512 e. The summed E-state index contributed by atoms with van der Waals surface area (Å²) in [6.07, 6.45) is 2.41. The SMILES string of the molecule is [C-]#N.[CH2-][C@@]1(C)CCc2ccccc21.[Ni+2]. The molecule has 0 spiro atoms. The molecule has 0 heterocycles. The summed E-state index contributed by atoms with van der Waals surface area (Å²) in [6, 6.07) is 8.63. The van der Waals surface area contributed by atoms with E-state index < -0.39 is 0 Å². The molecule has 0 aromatic heterocycles. The topological polar surface area (TPSA) is 23.8 Å². The predicted octanol–water partition coefficient (Wildman–Crippen LogP) is 2.82. The number of nitrogens with zero attached hydrogens (tertiary/aromatic N) is 1. The summed E-state index contributed by atoms with van der Waals surface area (Å²) in [5.74, 6) is 0. The predicted molar refractivity (Wildman–Crippen MR) is 52.4 cm³/mol. The Morgan fingerprint density at radius 2 is 1.93 bits per heavy atom. The molecule has 1 atom stereocenters. The van der Waals surface area contributed by atoms with Crippen LogP contribution in [-0.4, -0.2) is 0 Å². The van der Waals surface area contributed by atoms with E-state index in [9.17, 15) is 0 Å². The molecule has 76 valence electrons. The van der Waals surface area contributed by atoms with Crippen molar-refractivity contribution in [3.05, 3.63) is 48.9 Å². The minimum atomic E-state index is 0. The summed E-state index contributed by atoms with van der Waals surface area (Å²) in [6.45, 7) is 11.2. The van der Waals surface area contributed by atoms with Crippen LogP contribution in [0.15, 0.2) is 24.3 Å². The zero-order chi connectivity index (χ0) is 9.90. The zero-order valence-electron chi connectivity index (χ0n) is 8.19. The third-order valence-electron chi connectivity index (χ3n) is 2.61. The molecule has 1 aliphatic rings. The molecule has 0 bridgehead atoms. The van der Waals surface area contributed by atoms with Gasteiger partial charge < -0.3 is 18.8 Å². The van der Waals surface area contributed by atoms with Crippen LogP contribution in [0.3, 0.4) is 0 Å². The van der Waals surface area contributed by atoms with E-state index in [-0.39, 0.29) is 21.9 Å². The first-order chi connectivity index (χ1) is 6.20. The molecular weight excluding hydrogens is 217 g/mol. The number of hydrogen-bond donors (Lipinski definition) is 0. The van der Waals surface area contributed by atoms with Crippen molar-refractivity contribution in [3.63, 3.8) is 0 Å². The average molecular weight is 230 g/mol. The molecule has 2 rings (SSSR count). The molecule has 0 saturated heterocycles. The van der Waals surface area contributed by atoms with Gasteiger partial charge in [0.25, 0.3) is 0 Å². The summed E-state index contributed by atoms with van der Waals surface area (Å²) in [4.78, 5) is 0. The van der Waals surface area contributed by atoms with E-state index >= 15 is 0 Å². The monoisotopic (exact) mass is 229 g/mol. The van der Waals surface area contributed by atoms with Gasteiger partial charge >= 0.3 is 16.5 Å². The molecule has 1 aliphatic carbocycles. The molecule has 1 aromatic rings. The zero-order valence-corrected chi connectivity index (χ0v) is 9.18. The van der Waals surface area contributed by atoms with E-state index in [0.29, 0.717) is 0 Å². The summed E-state index contributed by atoms with van der Waals surface area (Å²) in [5.41, 5.74) is 3.11. The molecule has 1 nitrogen and oxygen atoms in total. The van der Waals surface area contributed by atoms with Crippen molar-refractivity contribution in [1.82, 2.24) is 0 Å². The summed E-state index contributed by atoms with van der Waals surface area (Å²) >= 11 is 0. The van der Waals surface area contributed by atoms with Crippen molar-refractivity contribution < 1.29 is 16.5 Å². The summed E-state index contributed by atoms with van der Waals surface area (Å²) in [5, 5.41) is 6.25. The van der Waals surface area contributed by atoms with Gasteiger partial charge in [-0.2, -0.15) is 0 Å². The Labute approximate surface area is 96.1 Å². The van der Waals surface area contributed by atoms with Crippen LogP contribution in [0.2, 0.25) is 0 Å². The molecule has 0 radical (unpaired) electrons. The maximum absolute atomic E-state index is 6.25. The van der Waals surface area contributed by atoms with Gasteiger partial charge in [-0.05, 0) is 12.0 Å². The van der Waals surface area contributed by atoms with Crippen molar-refractivity contribution in [2.45, 2.75) is 25.2 Å². The van der Waals surface area contributed by atoms with Crippen molar-refractivity contribution in [2.75, 3.05) is 0 Å². The molecule has 0 saturated carbocycles. The van der Waals surface area contributed by atoms with Gasteiger partial charge in [-0.25, -0.2) is 0 Å². The van der Waals surface area contributed by atoms with Crippen LogP contribution in [0, 0.1) is 18.8 Å². The normalized spacial score (nSPS) is 22.6. The van der Waals surface area contributed by atoms with Crippen LogP contribution in [0.25, 0.3) is 0 Å². The van der Waals surface area contributed by atoms with Crippen LogP contribution >= 0.6 is 0 Å². The number of fused-ring (bicyclic) bond motifs is 1. The van der Waals surface area contributed by atoms with Crippen LogP contribution in [0.5, 0.6) is 0 Å². The van der Waals surface area contributed by atoms with Crippen molar-refractivity contribution >= 4 is 0 Å². The average Bonchev–Trinajstić information content (AvgIpc) is 2.47. The second-order valence-corrected chi connectivity index (χ2v) is 3.72. The number of rotatable bonds is 0. The molecular formula is C12H13NNi. The van der Waals surface area contributed by atoms with Gasteiger partial charge in [0, 0.05) is 0 Å². The Morgan fingerprint density at radius 3 is 2.50 bits per heavy atom. The third-order valence-corrected chi connectivity index (χ3v) is 2.61. The van der Waals surface area contributed by atoms with E-state index in [0.717, 1.165) is 0 Å². The Morgan fingerprint density at radius 1 is 1.36 bits per heavy atom. The fourth-order valence-corrected chi connectivity index (χ4v) is 1.87. The summed E-state index contributed by atoms with van der Waals surface area (Å²) in [7, 11) is 0. The Hall–Kier alpha value is -0.796. The van der Waals surface area contributed by atoms with Crippen molar-refractivity contribution in [2.24, 2.45) is 0 Å². The van der Waals surface area contributed by atoms with Crippen LogP contribution < -0.4 is 0 Å². The molecule has 0 fully saturated rings. The second kappa shape index (κ2) is 5.18. The first-order valence-electron chi connectivity index (χ1n) is 4.36. The molecule has 0 unspecified atom stereocenters. The van der Waals surface area contributed by atoms with Gasteiger partial charge in [-0.3, -0.25) is 0 Å². The Kier molecular flexibility index (Phi) is 4.88. The molecule has 0 N–H and O–H groups in total. The fraction of sp³-hybridized carbons (Fsp3) is 0.333. The standard InChI is InChI=1S/C11H13.CN.Ni/c1-11(2)8-7-9-5-3-4-6-10(9)11;1-2;/h3-6H,1,7-8H2,2H3;;/q2*-1;+2/t11-;;/m1../s1. The van der Waals surface area contributed by atoms with E-state index in [2.05, 4.69) is 38.1 Å². The molecule has 1 aromatic carbocycles. The van der Waals surface area contributed by atoms with E-state index in [1.807, 2.05) is 0 Å². The molecule has 14 heavy (non-hydrogen) atoms. The molecule has 2 heteroatoms. The maximum Gasteiger partial charge on any atom is 2.00 e. The summed E-state index contributed by atoms with van der Waals surface area (Å²) < 4.78 is 0. The smallest absolute Gasteiger partial charge is 0.512 e. The van der Waals surface area contributed by atoms with Crippen LogP contribution in [0.1, 0.15) is 24.5 Å². The quantitative estimate of drug-likeness (QED) is 0.496. The third kappa shape index (κ3) is 2.37. The van der Waals surface area contributed by atoms with E-state index in [4.69, 9.17) is 11.8 Å². The van der Waals surface area contributed by atoms with Crippen molar-refractivity contribution in [3.8, 4) is 0 Å².